The van der Waals surface area contributed by atoms with Gasteiger partial charge in [0.15, 0.2) is 0 Å². The number of hydrogen-bond donors (Lipinski definition) is 2. The number of likely N-dealkylation sites (tertiary alicyclic amines) is 2. The van der Waals surface area contributed by atoms with Gasteiger partial charge in [-0.1, -0.05) is 44.2 Å². The Balaban J connectivity index is 1.68. The van der Waals surface area contributed by atoms with E-state index in [-0.39, 0.29) is 29.3 Å². The molecule has 3 amide bonds. The van der Waals surface area contributed by atoms with Crippen molar-refractivity contribution in [3.8, 4) is 0 Å². The summed E-state index contributed by atoms with van der Waals surface area (Å²) in [5.74, 6) is 0.489. The van der Waals surface area contributed by atoms with Gasteiger partial charge in [-0.25, -0.2) is 4.79 Å². The predicted octanol–water partition coefficient (Wildman–Crippen LogP) is 2.31. The van der Waals surface area contributed by atoms with Crippen LogP contribution in [0.25, 0.3) is 0 Å². The standard InChI is InChI=1S/C22H34N4O2/c1-16(2)10-23-20(27)19-12-25(11-18-8-6-5-7-9-18)13-22(19)14-26(15-22)21(28)24-17(3)4/h5-9,16-17,19H,10-15H2,1-4H3,(H,23,27)(H,24,28). The van der Waals surface area contributed by atoms with Gasteiger partial charge in [0.1, 0.15) is 0 Å². The molecule has 2 aliphatic rings. The van der Waals surface area contributed by atoms with Crippen LogP contribution >= 0.6 is 0 Å². The number of carbonyl (C=O) groups excluding carboxylic acids is 2. The van der Waals surface area contributed by atoms with Crippen LogP contribution in [-0.2, 0) is 11.3 Å². The monoisotopic (exact) mass is 386 g/mol. The van der Waals surface area contributed by atoms with Gasteiger partial charge < -0.3 is 15.5 Å². The van der Waals surface area contributed by atoms with Crippen LogP contribution in [0.3, 0.4) is 0 Å². The Bertz CT molecular complexity index is 683. The highest BCUT2D eigenvalue weighted by molar-refractivity contribution is 5.82. The molecule has 2 saturated heterocycles. The summed E-state index contributed by atoms with van der Waals surface area (Å²) in [7, 11) is 0. The van der Waals surface area contributed by atoms with Gasteiger partial charge >= 0.3 is 6.03 Å². The van der Waals surface area contributed by atoms with E-state index in [1.807, 2.05) is 24.8 Å². The molecule has 6 nitrogen and oxygen atoms in total. The zero-order valence-electron chi connectivity index (χ0n) is 17.6. The molecule has 1 atom stereocenters. The van der Waals surface area contributed by atoms with Gasteiger partial charge in [0.05, 0.1) is 5.92 Å². The average Bonchev–Trinajstić information content (AvgIpc) is 2.98. The van der Waals surface area contributed by atoms with Crippen LogP contribution in [0.15, 0.2) is 30.3 Å². The van der Waals surface area contributed by atoms with E-state index >= 15 is 0 Å². The number of carbonyl (C=O) groups is 2. The Kier molecular flexibility index (Phi) is 6.28. The summed E-state index contributed by atoms with van der Waals surface area (Å²) in [4.78, 5) is 29.5. The predicted molar refractivity (Wildman–Crippen MR) is 111 cm³/mol. The van der Waals surface area contributed by atoms with Crippen LogP contribution in [0.5, 0.6) is 0 Å². The second-order valence-corrected chi connectivity index (χ2v) is 9.17. The average molecular weight is 387 g/mol. The Morgan fingerprint density at radius 2 is 1.79 bits per heavy atom. The molecule has 2 heterocycles. The zero-order valence-corrected chi connectivity index (χ0v) is 17.6. The fourth-order valence-corrected chi connectivity index (χ4v) is 4.34. The fourth-order valence-electron chi connectivity index (χ4n) is 4.34. The summed E-state index contributed by atoms with van der Waals surface area (Å²) in [5, 5.41) is 6.08. The third-order valence-electron chi connectivity index (χ3n) is 5.68. The van der Waals surface area contributed by atoms with E-state index in [9.17, 15) is 9.59 Å². The fraction of sp³-hybridized carbons (Fsp3) is 0.636. The van der Waals surface area contributed by atoms with Crippen LogP contribution in [0, 0.1) is 17.3 Å². The van der Waals surface area contributed by atoms with Crippen molar-refractivity contribution in [1.82, 2.24) is 20.4 Å². The van der Waals surface area contributed by atoms with Crippen molar-refractivity contribution in [2.45, 2.75) is 40.3 Å². The lowest BCUT2D eigenvalue weighted by Gasteiger charge is -2.50. The van der Waals surface area contributed by atoms with E-state index in [1.54, 1.807) is 0 Å². The van der Waals surface area contributed by atoms with Crippen molar-refractivity contribution in [3.63, 3.8) is 0 Å². The van der Waals surface area contributed by atoms with E-state index in [2.05, 4.69) is 53.6 Å². The molecule has 3 rings (SSSR count). The smallest absolute Gasteiger partial charge is 0.317 e. The van der Waals surface area contributed by atoms with Crippen LogP contribution in [-0.4, -0.2) is 60.5 Å². The first-order valence-electron chi connectivity index (χ1n) is 10.4. The largest absolute Gasteiger partial charge is 0.356 e. The molecule has 1 aromatic carbocycles. The molecule has 1 aromatic rings. The molecule has 28 heavy (non-hydrogen) atoms. The lowest BCUT2D eigenvalue weighted by Crippen LogP contribution is -2.66. The molecule has 154 valence electrons. The van der Waals surface area contributed by atoms with Gasteiger partial charge in [-0.2, -0.15) is 0 Å². The molecule has 6 heteroatoms. The van der Waals surface area contributed by atoms with Crippen LogP contribution in [0.4, 0.5) is 4.79 Å². The van der Waals surface area contributed by atoms with Crippen molar-refractivity contribution >= 4 is 11.9 Å². The number of amides is 3. The number of nitrogens with one attached hydrogen (secondary N) is 2. The van der Waals surface area contributed by atoms with E-state index in [1.165, 1.54) is 5.56 Å². The second-order valence-electron chi connectivity index (χ2n) is 9.17. The summed E-state index contributed by atoms with van der Waals surface area (Å²) < 4.78 is 0. The van der Waals surface area contributed by atoms with Gasteiger partial charge in [-0.3, -0.25) is 9.69 Å². The summed E-state index contributed by atoms with van der Waals surface area (Å²) in [6, 6.07) is 10.5. The topological polar surface area (TPSA) is 64.7 Å². The number of hydrogen-bond acceptors (Lipinski definition) is 3. The lowest BCUT2D eigenvalue weighted by molar-refractivity contribution is -0.131. The minimum atomic E-state index is -0.135. The number of urea groups is 1. The third-order valence-corrected chi connectivity index (χ3v) is 5.68. The van der Waals surface area contributed by atoms with E-state index in [0.29, 0.717) is 25.6 Å². The molecule has 1 spiro atoms. The first kappa shape index (κ1) is 20.6. The normalized spacial score (nSPS) is 21.2. The van der Waals surface area contributed by atoms with Crippen molar-refractivity contribution in [2.24, 2.45) is 17.3 Å². The number of nitrogens with zero attached hydrogens (tertiary/aromatic N) is 2. The molecule has 0 aromatic heterocycles. The maximum absolute atomic E-state index is 13.0. The summed E-state index contributed by atoms with van der Waals surface area (Å²) in [6.07, 6.45) is 0. The van der Waals surface area contributed by atoms with Crippen LogP contribution < -0.4 is 10.6 Å². The maximum Gasteiger partial charge on any atom is 0.317 e. The highest BCUT2D eigenvalue weighted by Crippen LogP contribution is 2.44. The second kappa shape index (κ2) is 8.52. The molecule has 0 radical (unpaired) electrons. The van der Waals surface area contributed by atoms with Crippen molar-refractivity contribution in [3.05, 3.63) is 35.9 Å². The third kappa shape index (κ3) is 4.66. The Hall–Kier alpha value is -2.08. The number of benzene rings is 1. The summed E-state index contributed by atoms with van der Waals surface area (Å²) >= 11 is 0. The van der Waals surface area contributed by atoms with Crippen LogP contribution in [0.2, 0.25) is 0 Å². The SMILES string of the molecule is CC(C)CNC(=O)C1CN(Cc2ccccc2)CC12CN(C(=O)NC(C)C)C2. The molecule has 0 aliphatic carbocycles. The minimum absolute atomic E-state index is 0.0246. The van der Waals surface area contributed by atoms with Crippen molar-refractivity contribution in [1.29, 1.82) is 0 Å². The summed E-state index contributed by atoms with van der Waals surface area (Å²) in [5.41, 5.74) is 1.12. The quantitative estimate of drug-likeness (QED) is 0.789. The molecule has 2 N–H and O–H groups in total. The van der Waals surface area contributed by atoms with Gasteiger partial charge in [0, 0.05) is 50.7 Å². The molecular weight excluding hydrogens is 352 g/mol. The molecule has 2 aliphatic heterocycles. The first-order valence-corrected chi connectivity index (χ1v) is 10.4. The van der Waals surface area contributed by atoms with Gasteiger partial charge in [0.2, 0.25) is 5.91 Å². The van der Waals surface area contributed by atoms with E-state index in [0.717, 1.165) is 19.6 Å². The van der Waals surface area contributed by atoms with E-state index < -0.39 is 0 Å². The molecular formula is C22H34N4O2. The van der Waals surface area contributed by atoms with Gasteiger partial charge in [0.25, 0.3) is 0 Å². The first-order chi connectivity index (χ1) is 13.3. The molecule has 0 bridgehead atoms. The van der Waals surface area contributed by atoms with Gasteiger partial charge in [-0.05, 0) is 25.3 Å². The Labute approximate surface area is 168 Å². The Morgan fingerprint density at radius 3 is 2.39 bits per heavy atom. The molecule has 2 fully saturated rings. The highest BCUT2D eigenvalue weighted by Gasteiger charge is 2.57. The highest BCUT2D eigenvalue weighted by atomic mass is 16.2. The van der Waals surface area contributed by atoms with Crippen molar-refractivity contribution < 1.29 is 9.59 Å². The maximum atomic E-state index is 13.0. The Morgan fingerprint density at radius 1 is 1.11 bits per heavy atom. The van der Waals surface area contributed by atoms with Crippen molar-refractivity contribution in [2.75, 3.05) is 32.7 Å². The van der Waals surface area contributed by atoms with Crippen LogP contribution in [0.1, 0.15) is 33.3 Å². The summed E-state index contributed by atoms with van der Waals surface area (Å²) in [6.45, 7) is 12.6. The zero-order chi connectivity index (χ0) is 20.3. The van der Waals surface area contributed by atoms with E-state index in [4.69, 9.17) is 0 Å². The molecule has 1 unspecified atom stereocenters. The minimum Gasteiger partial charge on any atom is -0.356 e. The molecule has 0 saturated carbocycles. The van der Waals surface area contributed by atoms with Gasteiger partial charge in [-0.15, -0.1) is 0 Å². The lowest BCUT2D eigenvalue weighted by atomic mass is 9.71. The number of rotatable bonds is 6.